The van der Waals surface area contributed by atoms with Gasteiger partial charge < -0.3 is 5.11 Å². The van der Waals surface area contributed by atoms with Gasteiger partial charge in [0.2, 0.25) is 0 Å². The van der Waals surface area contributed by atoms with Crippen LogP contribution in [0.4, 0.5) is 0 Å². The van der Waals surface area contributed by atoms with Crippen LogP contribution in [0.15, 0.2) is 48.5 Å². The molecule has 0 aliphatic carbocycles. The van der Waals surface area contributed by atoms with Crippen LogP contribution in [-0.4, -0.2) is 17.2 Å². The summed E-state index contributed by atoms with van der Waals surface area (Å²) in [5, 5.41) is 9.17. The van der Waals surface area contributed by atoms with Gasteiger partial charge >= 0.3 is 0 Å². The number of hydrogen-bond donors (Lipinski definition) is 1. The highest BCUT2D eigenvalue weighted by Crippen LogP contribution is 2.14. The third-order valence-electron chi connectivity index (χ3n) is 2.97. The lowest BCUT2D eigenvalue weighted by atomic mass is 9.99. The van der Waals surface area contributed by atoms with E-state index >= 15 is 0 Å². The number of aryl methyl sites for hydroxylation is 1. The van der Waals surface area contributed by atoms with Crippen molar-refractivity contribution in [1.29, 1.82) is 0 Å². The molecule has 3 heteroatoms. The normalized spacial score (nSPS) is 10.1. The molecule has 0 spiro atoms. The molecule has 0 saturated heterocycles. The number of ketones is 1. The summed E-state index contributed by atoms with van der Waals surface area (Å²) in [7, 11) is 0. The highest BCUT2D eigenvalue weighted by molar-refractivity contribution is 6.02. The van der Waals surface area contributed by atoms with Crippen molar-refractivity contribution in [1.82, 2.24) is 0 Å². The van der Waals surface area contributed by atoms with Crippen LogP contribution in [0.2, 0.25) is 0 Å². The van der Waals surface area contributed by atoms with Crippen LogP contribution >= 0.6 is 0 Å². The highest BCUT2D eigenvalue weighted by Gasteiger charge is 2.10. The van der Waals surface area contributed by atoms with E-state index in [1.54, 1.807) is 48.5 Å². The average molecular weight is 254 g/mol. The first-order chi connectivity index (χ1) is 9.20. The number of aldehydes is 1. The van der Waals surface area contributed by atoms with Gasteiger partial charge in [-0.15, -0.1) is 0 Å². The van der Waals surface area contributed by atoms with Gasteiger partial charge in [0.05, 0.1) is 0 Å². The third kappa shape index (κ3) is 3.28. The molecule has 0 radical (unpaired) electrons. The minimum atomic E-state index is -0.0456. The lowest BCUT2D eigenvalue weighted by molar-refractivity contribution is 0.0976. The Bertz CT molecular complexity index is 585. The molecule has 0 unspecified atom stereocenters. The van der Waals surface area contributed by atoms with E-state index in [9.17, 15) is 14.7 Å². The van der Waals surface area contributed by atoms with Crippen LogP contribution in [0.3, 0.4) is 0 Å². The third-order valence-corrected chi connectivity index (χ3v) is 2.97. The smallest absolute Gasteiger partial charge is 0.163 e. The number of rotatable bonds is 5. The molecule has 0 aromatic heterocycles. The Morgan fingerprint density at radius 3 is 2.42 bits per heavy atom. The van der Waals surface area contributed by atoms with Crippen molar-refractivity contribution in [3.8, 4) is 5.75 Å². The molecule has 0 heterocycles. The lowest BCUT2D eigenvalue weighted by Crippen LogP contribution is -2.04. The molecule has 0 aliphatic heterocycles. The van der Waals surface area contributed by atoms with Crippen LogP contribution in [0.25, 0.3) is 0 Å². The second kappa shape index (κ2) is 5.96. The molecule has 96 valence electrons. The zero-order valence-corrected chi connectivity index (χ0v) is 10.4. The van der Waals surface area contributed by atoms with Crippen molar-refractivity contribution in [2.45, 2.75) is 12.8 Å². The Morgan fingerprint density at radius 1 is 1.05 bits per heavy atom. The Balaban J connectivity index is 2.05. The van der Waals surface area contributed by atoms with E-state index in [4.69, 9.17) is 0 Å². The first-order valence-corrected chi connectivity index (χ1v) is 6.06. The van der Waals surface area contributed by atoms with Crippen LogP contribution in [0.1, 0.15) is 32.7 Å². The number of carbonyl (C=O) groups excluding carboxylic acids is 2. The maximum absolute atomic E-state index is 12.1. The van der Waals surface area contributed by atoms with E-state index in [1.807, 2.05) is 0 Å². The van der Waals surface area contributed by atoms with Crippen molar-refractivity contribution in [3.05, 3.63) is 65.2 Å². The Labute approximate surface area is 111 Å². The van der Waals surface area contributed by atoms with Gasteiger partial charge in [-0.05, 0) is 24.1 Å². The predicted octanol–water partition coefficient (Wildman–Crippen LogP) is 3.02. The summed E-state index contributed by atoms with van der Waals surface area (Å²) in [5.41, 5.74) is 1.88. The monoisotopic (exact) mass is 254 g/mol. The van der Waals surface area contributed by atoms with Gasteiger partial charge in [-0.3, -0.25) is 9.59 Å². The topological polar surface area (TPSA) is 54.4 Å². The molecular weight excluding hydrogens is 240 g/mol. The molecule has 19 heavy (non-hydrogen) atoms. The summed E-state index contributed by atoms with van der Waals surface area (Å²) in [6.07, 6.45) is 1.63. The molecule has 0 bridgehead atoms. The second-order valence-electron chi connectivity index (χ2n) is 4.29. The van der Waals surface area contributed by atoms with Crippen molar-refractivity contribution in [2.24, 2.45) is 0 Å². The number of phenolic OH excluding ortho intramolecular Hbond substituents is 1. The second-order valence-corrected chi connectivity index (χ2v) is 4.29. The van der Waals surface area contributed by atoms with Crippen molar-refractivity contribution in [2.75, 3.05) is 0 Å². The zero-order valence-electron chi connectivity index (χ0n) is 10.4. The van der Waals surface area contributed by atoms with Crippen LogP contribution in [-0.2, 0) is 6.42 Å². The fourth-order valence-corrected chi connectivity index (χ4v) is 1.91. The van der Waals surface area contributed by atoms with E-state index in [0.717, 1.165) is 5.56 Å². The lowest BCUT2D eigenvalue weighted by Gasteiger charge is -2.04. The summed E-state index contributed by atoms with van der Waals surface area (Å²) in [5.74, 6) is 0.164. The van der Waals surface area contributed by atoms with E-state index < -0.39 is 0 Å². The predicted molar refractivity (Wildman–Crippen MR) is 72.6 cm³/mol. The quantitative estimate of drug-likeness (QED) is 0.659. The summed E-state index contributed by atoms with van der Waals surface area (Å²) >= 11 is 0. The minimum Gasteiger partial charge on any atom is -0.508 e. The first-order valence-electron chi connectivity index (χ1n) is 6.06. The molecular formula is C16H14O3. The summed E-state index contributed by atoms with van der Waals surface area (Å²) in [4.78, 5) is 22.9. The number of aromatic hydroxyl groups is 1. The van der Waals surface area contributed by atoms with Gasteiger partial charge in [-0.1, -0.05) is 36.4 Å². The average Bonchev–Trinajstić information content (AvgIpc) is 2.46. The van der Waals surface area contributed by atoms with E-state index in [0.29, 0.717) is 30.3 Å². The van der Waals surface area contributed by atoms with Gasteiger partial charge in [0.15, 0.2) is 12.1 Å². The number of hydrogen-bond acceptors (Lipinski definition) is 3. The largest absolute Gasteiger partial charge is 0.508 e. The summed E-state index contributed by atoms with van der Waals surface area (Å²) in [6.45, 7) is 0. The zero-order chi connectivity index (χ0) is 13.7. The maximum atomic E-state index is 12.1. The Hall–Kier alpha value is -2.42. The van der Waals surface area contributed by atoms with E-state index in [2.05, 4.69) is 0 Å². The molecule has 2 rings (SSSR count). The highest BCUT2D eigenvalue weighted by atomic mass is 16.3. The maximum Gasteiger partial charge on any atom is 0.163 e. The molecule has 2 aromatic rings. The van der Waals surface area contributed by atoms with Gasteiger partial charge in [0.25, 0.3) is 0 Å². The van der Waals surface area contributed by atoms with Crippen LogP contribution in [0, 0.1) is 0 Å². The Morgan fingerprint density at radius 2 is 1.74 bits per heavy atom. The number of benzene rings is 2. The standard InChI is InChI=1S/C16H14O3/c17-11-13-3-1-2-4-15(13)16(19)10-7-12-5-8-14(18)9-6-12/h1-6,8-9,11,18H,7,10H2. The SMILES string of the molecule is O=Cc1ccccc1C(=O)CCc1ccc(O)cc1. The molecule has 0 saturated carbocycles. The van der Waals surface area contributed by atoms with Gasteiger partial charge in [0, 0.05) is 17.5 Å². The first kappa shape index (κ1) is 13.0. The molecule has 1 N–H and O–H groups in total. The van der Waals surface area contributed by atoms with Crippen molar-refractivity contribution >= 4 is 12.1 Å². The van der Waals surface area contributed by atoms with Crippen LogP contribution in [0.5, 0.6) is 5.75 Å². The number of phenols is 1. The fraction of sp³-hybridized carbons (Fsp3) is 0.125. The van der Waals surface area contributed by atoms with Gasteiger partial charge in [-0.25, -0.2) is 0 Å². The fourth-order valence-electron chi connectivity index (χ4n) is 1.91. The molecule has 2 aromatic carbocycles. The van der Waals surface area contributed by atoms with Crippen molar-refractivity contribution < 1.29 is 14.7 Å². The van der Waals surface area contributed by atoms with Gasteiger partial charge in [0.1, 0.15) is 5.75 Å². The molecule has 0 fully saturated rings. The molecule has 0 amide bonds. The number of carbonyl (C=O) groups is 2. The van der Waals surface area contributed by atoms with Crippen molar-refractivity contribution in [3.63, 3.8) is 0 Å². The van der Waals surface area contributed by atoms with E-state index in [1.165, 1.54) is 0 Å². The van der Waals surface area contributed by atoms with Gasteiger partial charge in [-0.2, -0.15) is 0 Å². The minimum absolute atomic E-state index is 0.0456. The molecule has 0 aliphatic rings. The molecule has 0 atom stereocenters. The summed E-state index contributed by atoms with van der Waals surface area (Å²) < 4.78 is 0. The Kier molecular flexibility index (Phi) is 4.08. The summed E-state index contributed by atoms with van der Waals surface area (Å²) in [6, 6.07) is 13.6. The van der Waals surface area contributed by atoms with E-state index in [-0.39, 0.29) is 11.5 Å². The molecule has 3 nitrogen and oxygen atoms in total. The number of Topliss-reactive ketones (excluding diaryl/α,β-unsaturated/α-hetero) is 1. The van der Waals surface area contributed by atoms with Crippen LogP contribution < -0.4 is 0 Å².